The molecule has 6 nitrogen and oxygen atoms in total. The molecule has 0 spiro atoms. The minimum Gasteiger partial charge on any atom is -0.497 e. The first kappa shape index (κ1) is 22.4. The van der Waals surface area contributed by atoms with Crippen molar-refractivity contribution in [2.75, 3.05) is 23.9 Å². The molecule has 1 aliphatic heterocycles. The minimum atomic E-state index is -0.456. The number of nitrogens with one attached hydrogen (secondary N) is 1. The van der Waals surface area contributed by atoms with Crippen LogP contribution in [0.4, 0.5) is 11.4 Å². The summed E-state index contributed by atoms with van der Waals surface area (Å²) in [4.78, 5) is 28.4. The van der Waals surface area contributed by atoms with Gasteiger partial charge in [0, 0.05) is 5.02 Å². The largest absolute Gasteiger partial charge is 0.497 e. The van der Waals surface area contributed by atoms with E-state index >= 15 is 0 Å². The highest BCUT2D eigenvalue weighted by molar-refractivity contribution is 6.46. The van der Waals surface area contributed by atoms with Gasteiger partial charge in [0.2, 0.25) is 0 Å². The zero-order chi connectivity index (χ0) is 23.5. The lowest BCUT2D eigenvalue weighted by molar-refractivity contribution is -0.120. The Bertz CT molecular complexity index is 1250. The van der Waals surface area contributed by atoms with Crippen LogP contribution in [0.1, 0.15) is 18.1 Å². The van der Waals surface area contributed by atoms with Crippen molar-refractivity contribution in [2.24, 2.45) is 0 Å². The number of ether oxygens (including phenoxy) is 2. The number of nitrogens with zero attached hydrogens (tertiary/aromatic N) is 1. The molecule has 0 fully saturated rings. The second-order valence-electron chi connectivity index (χ2n) is 7.41. The monoisotopic (exact) mass is 462 g/mol. The van der Waals surface area contributed by atoms with Gasteiger partial charge < -0.3 is 14.8 Å². The van der Waals surface area contributed by atoms with E-state index in [2.05, 4.69) is 5.32 Å². The zero-order valence-corrected chi connectivity index (χ0v) is 19.3. The Labute approximate surface area is 197 Å². The number of hydrogen-bond donors (Lipinski definition) is 1. The topological polar surface area (TPSA) is 67.9 Å². The number of imide groups is 1. The quantitative estimate of drug-likeness (QED) is 0.473. The molecule has 0 saturated heterocycles. The van der Waals surface area contributed by atoms with Gasteiger partial charge in [-0.05, 0) is 67.4 Å². The van der Waals surface area contributed by atoms with Gasteiger partial charge in [0.1, 0.15) is 17.2 Å². The van der Waals surface area contributed by atoms with Crippen LogP contribution in [0.15, 0.2) is 72.4 Å². The first-order chi connectivity index (χ1) is 15.9. The van der Waals surface area contributed by atoms with E-state index in [9.17, 15) is 9.59 Å². The van der Waals surface area contributed by atoms with E-state index in [1.54, 1.807) is 55.6 Å². The summed E-state index contributed by atoms with van der Waals surface area (Å²) < 4.78 is 10.9. The Kier molecular flexibility index (Phi) is 6.38. The number of carbonyl (C=O) groups excluding carboxylic acids is 2. The van der Waals surface area contributed by atoms with E-state index in [0.717, 1.165) is 0 Å². The summed E-state index contributed by atoms with van der Waals surface area (Å²) in [5.41, 5.74) is 2.83. The first-order valence-electron chi connectivity index (χ1n) is 10.5. The summed E-state index contributed by atoms with van der Waals surface area (Å²) in [6.07, 6.45) is 0. The van der Waals surface area contributed by atoms with Crippen molar-refractivity contribution in [1.82, 2.24) is 0 Å². The maximum absolute atomic E-state index is 13.6. The zero-order valence-electron chi connectivity index (χ0n) is 18.5. The number of amides is 2. The van der Waals surface area contributed by atoms with Crippen LogP contribution >= 0.6 is 11.6 Å². The van der Waals surface area contributed by atoms with Crippen LogP contribution < -0.4 is 19.7 Å². The normalized spacial score (nSPS) is 13.5. The highest BCUT2D eigenvalue weighted by Crippen LogP contribution is 2.37. The summed E-state index contributed by atoms with van der Waals surface area (Å²) in [6.45, 7) is 4.16. The molecule has 0 aliphatic carbocycles. The Morgan fingerprint density at radius 1 is 0.970 bits per heavy atom. The van der Waals surface area contributed by atoms with Gasteiger partial charge in [-0.1, -0.05) is 35.9 Å². The van der Waals surface area contributed by atoms with Gasteiger partial charge >= 0.3 is 0 Å². The van der Waals surface area contributed by atoms with Gasteiger partial charge in [-0.3, -0.25) is 9.59 Å². The number of rotatable bonds is 7. The molecule has 0 unspecified atom stereocenters. The third-order valence-electron chi connectivity index (χ3n) is 5.31. The van der Waals surface area contributed by atoms with Crippen molar-refractivity contribution in [3.8, 4) is 11.5 Å². The number of anilines is 2. The summed E-state index contributed by atoms with van der Waals surface area (Å²) >= 11 is 6.10. The number of halogens is 1. The van der Waals surface area contributed by atoms with Crippen molar-refractivity contribution in [1.29, 1.82) is 0 Å². The van der Waals surface area contributed by atoms with Crippen LogP contribution in [0.25, 0.3) is 5.57 Å². The molecule has 1 heterocycles. The number of para-hydroxylation sites is 2. The lowest BCUT2D eigenvalue weighted by Gasteiger charge is -2.18. The predicted molar refractivity (Wildman–Crippen MR) is 130 cm³/mol. The number of hydrogen-bond acceptors (Lipinski definition) is 5. The SMILES string of the molecule is CCOc1ccccc1NC1=C(c2ccc(OC)cc2)C(=O)N(c2ccc(Cl)cc2C)C1=O. The highest BCUT2D eigenvalue weighted by Gasteiger charge is 2.41. The maximum atomic E-state index is 13.6. The van der Waals surface area contributed by atoms with Crippen molar-refractivity contribution >= 4 is 40.4 Å². The summed E-state index contributed by atoms with van der Waals surface area (Å²) in [7, 11) is 1.57. The van der Waals surface area contributed by atoms with Crippen molar-refractivity contribution < 1.29 is 19.1 Å². The van der Waals surface area contributed by atoms with Crippen LogP contribution in [-0.2, 0) is 9.59 Å². The molecule has 4 rings (SSSR count). The van der Waals surface area contributed by atoms with E-state index in [-0.39, 0.29) is 11.3 Å². The molecule has 0 bridgehead atoms. The maximum Gasteiger partial charge on any atom is 0.282 e. The number of benzene rings is 3. The number of aryl methyl sites for hydroxylation is 1. The molecule has 1 aliphatic rings. The van der Waals surface area contributed by atoms with E-state index in [0.29, 0.717) is 45.6 Å². The molecule has 0 aromatic heterocycles. The van der Waals surface area contributed by atoms with Crippen LogP contribution in [0.2, 0.25) is 5.02 Å². The van der Waals surface area contributed by atoms with E-state index in [1.165, 1.54) is 4.90 Å². The average molecular weight is 463 g/mol. The van der Waals surface area contributed by atoms with Gasteiger partial charge in [0.05, 0.1) is 30.7 Å². The molecule has 0 atom stereocenters. The molecule has 3 aromatic rings. The van der Waals surface area contributed by atoms with Gasteiger partial charge in [-0.25, -0.2) is 4.90 Å². The molecular formula is C26H23ClN2O4. The Balaban J connectivity index is 1.84. The van der Waals surface area contributed by atoms with Crippen LogP contribution in [0, 0.1) is 6.92 Å². The second kappa shape index (κ2) is 9.38. The molecule has 0 saturated carbocycles. The fourth-order valence-corrected chi connectivity index (χ4v) is 3.97. The molecule has 168 valence electrons. The van der Waals surface area contributed by atoms with Gasteiger partial charge in [0.25, 0.3) is 11.8 Å². The Hall–Kier alpha value is -3.77. The van der Waals surface area contributed by atoms with Gasteiger partial charge in [0.15, 0.2) is 0 Å². The fourth-order valence-electron chi connectivity index (χ4n) is 3.75. The fraction of sp³-hybridized carbons (Fsp3) is 0.154. The minimum absolute atomic E-state index is 0.173. The summed E-state index contributed by atoms with van der Waals surface area (Å²) in [5.74, 6) is 0.357. The summed E-state index contributed by atoms with van der Waals surface area (Å²) in [6, 6.07) is 19.4. The Morgan fingerprint density at radius 3 is 2.36 bits per heavy atom. The lowest BCUT2D eigenvalue weighted by atomic mass is 10.0. The van der Waals surface area contributed by atoms with E-state index in [1.807, 2.05) is 32.0 Å². The number of carbonyl (C=O) groups is 2. The molecular weight excluding hydrogens is 440 g/mol. The first-order valence-corrected chi connectivity index (χ1v) is 10.8. The van der Waals surface area contributed by atoms with Crippen molar-refractivity contribution in [2.45, 2.75) is 13.8 Å². The Morgan fingerprint density at radius 2 is 1.70 bits per heavy atom. The van der Waals surface area contributed by atoms with Crippen LogP contribution in [-0.4, -0.2) is 25.5 Å². The average Bonchev–Trinajstić information content (AvgIpc) is 3.05. The second-order valence-corrected chi connectivity index (χ2v) is 7.85. The molecule has 0 radical (unpaired) electrons. The van der Waals surface area contributed by atoms with E-state index in [4.69, 9.17) is 21.1 Å². The smallest absolute Gasteiger partial charge is 0.282 e. The number of methoxy groups -OCH3 is 1. The highest BCUT2D eigenvalue weighted by atomic mass is 35.5. The van der Waals surface area contributed by atoms with Crippen molar-refractivity contribution in [3.05, 3.63) is 88.6 Å². The van der Waals surface area contributed by atoms with Crippen LogP contribution in [0.3, 0.4) is 0 Å². The lowest BCUT2D eigenvalue weighted by Crippen LogP contribution is -2.33. The van der Waals surface area contributed by atoms with Crippen LogP contribution in [0.5, 0.6) is 11.5 Å². The predicted octanol–water partition coefficient (Wildman–Crippen LogP) is 5.45. The van der Waals surface area contributed by atoms with Gasteiger partial charge in [-0.2, -0.15) is 0 Å². The third-order valence-corrected chi connectivity index (χ3v) is 5.54. The molecule has 33 heavy (non-hydrogen) atoms. The van der Waals surface area contributed by atoms with E-state index < -0.39 is 11.8 Å². The molecule has 2 amide bonds. The standard InChI is InChI=1S/C26H23ClN2O4/c1-4-33-22-8-6-5-7-20(22)28-24-23(17-9-12-19(32-3)13-10-17)25(30)29(26(24)31)21-14-11-18(27)15-16(21)2/h5-15,28H,4H2,1-3H3. The molecule has 7 heteroatoms. The summed E-state index contributed by atoms with van der Waals surface area (Å²) in [5, 5.41) is 3.70. The molecule has 1 N–H and O–H groups in total. The van der Waals surface area contributed by atoms with Crippen molar-refractivity contribution in [3.63, 3.8) is 0 Å². The van der Waals surface area contributed by atoms with Gasteiger partial charge in [-0.15, -0.1) is 0 Å². The third kappa shape index (κ3) is 4.30. The molecule has 3 aromatic carbocycles.